The quantitative estimate of drug-likeness (QED) is 0.574. The Hall–Kier alpha value is -3.41. The Morgan fingerprint density at radius 2 is 1.57 bits per heavy atom. The van der Waals surface area contributed by atoms with Gasteiger partial charge in [0.1, 0.15) is 11.5 Å². The molecule has 3 rings (SSSR count). The number of aromatic carboxylic acids is 1. The van der Waals surface area contributed by atoms with Crippen molar-refractivity contribution >= 4 is 29.0 Å². The van der Waals surface area contributed by atoms with Gasteiger partial charge >= 0.3 is 5.97 Å². The van der Waals surface area contributed by atoms with Crippen LogP contribution in [0.15, 0.2) is 51.5 Å². The maximum Gasteiger partial charge on any atom is 0.335 e. The molecule has 2 heterocycles. The van der Waals surface area contributed by atoms with Gasteiger partial charge in [0.25, 0.3) is 11.8 Å². The minimum absolute atomic E-state index is 0.0314. The van der Waals surface area contributed by atoms with Crippen LogP contribution in [0.3, 0.4) is 0 Å². The second-order valence-electron chi connectivity index (χ2n) is 7.94. The molecule has 0 spiro atoms. The minimum atomic E-state index is -1.07. The van der Waals surface area contributed by atoms with Crippen molar-refractivity contribution in [3.05, 3.63) is 69.7 Å². The first-order valence-corrected chi connectivity index (χ1v) is 9.76. The van der Waals surface area contributed by atoms with Crippen molar-refractivity contribution in [3.63, 3.8) is 0 Å². The van der Waals surface area contributed by atoms with Gasteiger partial charge < -0.3 is 9.52 Å². The lowest BCUT2D eigenvalue weighted by Gasteiger charge is -2.16. The number of carboxylic acid groups (broad SMARTS) is 1. The molecule has 156 valence electrons. The van der Waals surface area contributed by atoms with Gasteiger partial charge in [-0.1, -0.05) is 19.4 Å². The van der Waals surface area contributed by atoms with Crippen molar-refractivity contribution in [2.75, 3.05) is 4.90 Å². The zero-order chi connectivity index (χ0) is 22.3. The molecule has 1 saturated heterocycles. The summed E-state index contributed by atoms with van der Waals surface area (Å²) in [4.78, 5) is 39.1. The van der Waals surface area contributed by atoms with Gasteiger partial charge in [0, 0.05) is 5.56 Å². The molecule has 1 N–H and O–H groups in total. The third-order valence-corrected chi connectivity index (χ3v) is 5.13. The smallest absolute Gasteiger partial charge is 0.335 e. The van der Waals surface area contributed by atoms with Gasteiger partial charge in [0.05, 0.1) is 22.4 Å². The molecule has 2 amide bonds. The summed E-state index contributed by atoms with van der Waals surface area (Å²) in [5, 5.41) is 9.12. The van der Waals surface area contributed by atoms with Crippen LogP contribution in [-0.2, 0) is 9.59 Å². The molecule has 0 aliphatic carbocycles. The predicted octanol–water partition coefficient (Wildman–Crippen LogP) is 4.91. The second-order valence-corrected chi connectivity index (χ2v) is 7.94. The molecule has 1 aromatic carbocycles. The highest BCUT2D eigenvalue weighted by Gasteiger charge is 2.43. The molecule has 30 heavy (non-hydrogen) atoms. The van der Waals surface area contributed by atoms with E-state index < -0.39 is 17.8 Å². The van der Waals surface area contributed by atoms with Crippen LogP contribution in [0, 0.1) is 19.8 Å². The lowest BCUT2D eigenvalue weighted by Crippen LogP contribution is -2.29. The van der Waals surface area contributed by atoms with E-state index in [9.17, 15) is 14.4 Å². The van der Waals surface area contributed by atoms with E-state index in [0.29, 0.717) is 22.6 Å². The van der Waals surface area contributed by atoms with E-state index in [2.05, 4.69) is 0 Å². The van der Waals surface area contributed by atoms with Gasteiger partial charge in [-0.25, -0.2) is 9.69 Å². The first-order valence-electron chi connectivity index (χ1n) is 9.76. The summed E-state index contributed by atoms with van der Waals surface area (Å²) < 4.78 is 5.69. The molecule has 6 nitrogen and oxygen atoms in total. The summed E-state index contributed by atoms with van der Waals surface area (Å²) in [5.74, 6) is -0.496. The molecular formula is C24H25NO5. The Balaban J connectivity index is 2.26. The standard InChI is InChI=1S/C24H25NO5/c1-12(2)19(18-11-14(5)30-15(18)6)21-20(13(3)4)22(26)25(23(21)27)17-9-7-16(8-10-17)24(28)29/h7-12H,1-6H3,(H,28,29)/b21-19+. The van der Waals surface area contributed by atoms with Crippen molar-refractivity contribution in [2.45, 2.75) is 41.5 Å². The van der Waals surface area contributed by atoms with Gasteiger partial charge in [0.15, 0.2) is 0 Å². The van der Waals surface area contributed by atoms with E-state index in [1.165, 1.54) is 24.3 Å². The number of carbonyl (C=O) groups excluding carboxylic acids is 2. The molecule has 1 fully saturated rings. The monoisotopic (exact) mass is 407 g/mol. The number of imide groups is 1. The van der Waals surface area contributed by atoms with E-state index in [-0.39, 0.29) is 11.5 Å². The summed E-state index contributed by atoms with van der Waals surface area (Å²) in [6.07, 6.45) is 0. The second kappa shape index (κ2) is 7.78. The fourth-order valence-electron chi connectivity index (χ4n) is 3.86. The number of carboxylic acids is 1. The number of aryl methyl sites for hydroxylation is 2. The summed E-state index contributed by atoms with van der Waals surface area (Å²) in [6.45, 7) is 11.3. The van der Waals surface area contributed by atoms with Crippen LogP contribution in [0.1, 0.15) is 55.1 Å². The number of nitrogens with zero attached hydrogens (tertiary/aromatic N) is 1. The van der Waals surface area contributed by atoms with Crippen LogP contribution < -0.4 is 4.90 Å². The van der Waals surface area contributed by atoms with Crippen molar-refractivity contribution < 1.29 is 23.9 Å². The van der Waals surface area contributed by atoms with Gasteiger partial charge in [-0.15, -0.1) is 0 Å². The average molecular weight is 407 g/mol. The Labute approximate surface area is 175 Å². The third kappa shape index (κ3) is 3.49. The highest BCUT2D eigenvalue weighted by molar-refractivity contribution is 6.39. The van der Waals surface area contributed by atoms with E-state index in [4.69, 9.17) is 9.52 Å². The van der Waals surface area contributed by atoms with Gasteiger partial charge in [-0.3, -0.25) is 9.59 Å². The Morgan fingerprint density at radius 3 is 2.00 bits per heavy atom. The van der Waals surface area contributed by atoms with E-state index in [0.717, 1.165) is 27.4 Å². The van der Waals surface area contributed by atoms with Crippen molar-refractivity contribution in [2.24, 2.45) is 5.92 Å². The Kier molecular flexibility index (Phi) is 5.53. The largest absolute Gasteiger partial charge is 0.478 e. The normalized spacial score (nSPS) is 16.0. The number of allylic oxidation sites excluding steroid dienone is 2. The molecular weight excluding hydrogens is 382 g/mol. The molecule has 1 aliphatic heterocycles. The van der Waals surface area contributed by atoms with Gasteiger partial charge in [-0.2, -0.15) is 0 Å². The number of amides is 2. The summed E-state index contributed by atoms with van der Waals surface area (Å²) in [5.41, 5.74) is 3.51. The van der Waals surface area contributed by atoms with Crippen LogP contribution in [0.2, 0.25) is 0 Å². The molecule has 0 atom stereocenters. The minimum Gasteiger partial charge on any atom is -0.478 e. The number of benzene rings is 1. The van der Waals surface area contributed by atoms with Crippen LogP contribution in [0.5, 0.6) is 0 Å². The van der Waals surface area contributed by atoms with Crippen molar-refractivity contribution in [1.82, 2.24) is 0 Å². The number of hydrogen-bond donors (Lipinski definition) is 1. The zero-order valence-electron chi connectivity index (χ0n) is 18.0. The van der Waals surface area contributed by atoms with E-state index >= 15 is 0 Å². The van der Waals surface area contributed by atoms with Crippen LogP contribution in [-0.4, -0.2) is 22.9 Å². The third-order valence-electron chi connectivity index (χ3n) is 5.13. The molecule has 1 aromatic heterocycles. The molecule has 0 bridgehead atoms. The molecule has 0 unspecified atom stereocenters. The number of carbonyl (C=O) groups is 3. The number of furan rings is 1. The van der Waals surface area contributed by atoms with E-state index in [1.807, 2.05) is 47.6 Å². The topological polar surface area (TPSA) is 87.8 Å². The maximum absolute atomic E-state index is 13.6. The van der Waals surface area contributed by atoms with Gasteiger partial charge in [0.2, 0.25) is 0 Å². The maximum atomic E-state index is 13.6. The SMILES string of the molecule is CC(C)=C1C(=O)N(c2ccc(C(=O)O)cc2)C(=O)/C1=C(/c1cc(C)oc1C)C(C)C. The number of rotatable bonds is 4. The number of anilines is 1. The summed E-state index contributed by atoms with van der Waals surface area (Å²) in [6, 6.07) is 7.62. The number of hydrogen-bond acceptors (Lipinski definition) is 4. The summed E-state index contributed by atoms with van der Waals surface area (Å²) >= 11 is 0. The zero-order valence-corrected chi connectivity index (χ0v) is 18.0. The predicted molar refractivity (Wildman–Crippen MR) is 114 cm³/mol. The lowest BCUT2D eigenvalue weighted by atomic mass is 9.87. The molecule has 1 aliphatic rings. The first-order chi connectivity index (χ1) is 14.0. The van der Waals surface area contributed by atoms with Crippen LogP contribution in [0.25, 0.3) is 5.57 Å². The van der Waals surface area contributed by atoms with Crippen LogP contribution >= 0.6 is 0 Å². The lowest BCUT2D eigenvalue weighted by molar-refractivity contribution is -0.119. The first kappa shape index (κ1) is 21.3. The molecule has 2 aromatic rings. The molecule has 0 saturated carbocycles. The highest BCUT2D eigenvalue weighted by atomic mass is 16.4. The average Bonchev–Trinajstić information content (AvgIpc) is 3.11. The highest BCUT2D eigenvalue weighted by Crippen LogP contribution is 2.41. The fraction of sp³-hybridized carbons (Fsp3) is 0.292. The Bertz CT molecular complexity index is 1110. The van der Waals surface area contributed by atoms with Crippen LogP contribution in [0.4, 0.5) is 5.69 Å². The summed E-state index contributed by atoms with van der Waals surface area (Å²) in [7, 11) is 0. The Morgan fingerprint density at radius 1 is 1.00 bits per heavy atom. The fourth-order valence-corrected chi connectivity index (χ4v) is 3.86. The van der Waals surface area contributed by atoms with Crippen molar-refractivity contribution in [1.29, 1.82) is 0 Å². The van der Waals surface area contributed by atoms with Gasteiger partial charge in [-0.05, 0) is 69.5 Å². The molecule has 0 radical (unpaired) electrons. The molecule has 6 heteroatoms. The van der Waals surface area contributed by atoms with E-state index in [1.54, 1.807) is 0 Å². The van der Waals surface area contributed by atoms with Crippen molar-refractivity contribution in [3.8, 4) is 0 Å².